The summed E-state index contributed by atoms with van der Waals surface area (Å²) in [4.78, 5) is 25.3. The number of nitro groups is 1. The molecule has 2 aromatic rings. The van der Waals surface area contributed by atoms with E-state index in [-0.39, 0.29) is 11.6 Å². The summed E-state index contributed by atoms with van der Waals surface area (Å²) in [6.07, 6.45) is 2.34. The fraction of sp³-hybridized carbons (Fsp3) is 0.391. The molecule has 1 fully saturated rings. The molecule has 11 nitrogen and oxygen atoms in total. The number of ether oxygens (including phenoxy) is 1. The zero-order valence-electron chi connectivity index (χ0n) is 19.9. The van der Waals surface area contributed by atoms with E-state index in [0.29, 0.717) is 37.6 Å². The number of rotatable bonds is 9. The number of carbonyl (C=O) groups excluding carboxylic acids is 1. The van der Waals surface area contributed by atoms with E-state index in [9.17, 15) is 23.3 Å². The molecule has 2 aromatic carbocycles. The highest BCUT2D eigenvalue weighted by Crippen LogP contribution is 2.25. The number of carbonyl (C=O) groups is 1. The molecule has 0 saturated carbocycles. The first-order chi connectivity index (χ1) is 16.6. The lowest BCUT2D eigenvalue weighted by Gasteiger charge is -2.29. The monoisotopic (exact) mass is 503 g/mol. The molecule has 188 valence electrons. The molecule has 0 aromatic heterocycles. The van der Waals surface area contributed by atoms with Crippen LogP contribution in [0.4, 0.5) is 17.1 Å². The summed E-state index contributed by atoms with van der Waals surface area (Å²) in [6, 6.07) is 11.4. The van der Waals surface area contributed by atoms with E-state index in [1.54, 1.807) is 18.2 Å². The van der Waals surface area contributed by atoms with Crippen molar-refractivity contribution >= 4 is 39.2 Å². The predicted molar refractivity (Wildman–Crippen MR) is 135 cm³/mol. The number of morpholine rings is 1. The second-order valence-electron chi connectivity index (χ2n) is 8.41. The van der Waals surface area contributed by atoms with Crippen LogP contribution in [0.15, 0.2) is 47.6 Å². The maximum Gasteiger partial charge on any atom is 0.270 e. The van der Waals surface area contributed by atoms with Gasteiger partial charge in [-0.1, -0.05) is 26.0 Å². The number of non-ortho nitro benzene ring substituents is 1. The van der Waals surface area contributed by atoms with E-state index in [4.69, 9.17) is 4.74 Å². The Morgan fingerprint density at radius 1 is 1.23 bits per heavy atom. The van der Waals surface area contributed by atoms with Crippen molar-refractivity contribution in [1.29, 1.82) is 0 Å². The van der Waals surface area contributed by atoms with Gasteiger partial charge in [-0.3, -0.25) is 19.2 Å². The summed E-state index contributed by atoms with van der Waals surface area (Å²) >= 11 is 0. The van der Waals surface area contributed by atoms with Crippen molar-refractivity contribution in [2.75, 3.05) is 48.3 Å². The van der Waals surface area contributed by atoms with Gasteiger partial charge in [0, 0.05) is 36.5 Å². The van der Waals surface area contributed by atoms with Crippen LogP contribution in [0.3, 0.4) is 0 Å². The summed E-state index contributed by atoms with van der Waals surface area (Å²) < 4.78 is 31.0. The van der Waals surface area contributed by atoms with Gasteiger partial charge in [-0.25, -0.2) is 13.8 Å². The highest BCUT2D eigenvalue weighted by molar-refractivity contribution is 7.92. The van der Waals surface area contributed by atoms with Crippen molar-refractivity contribution in [3.05, 3.63) is 63.7 Å². The molecule has 1 heterocycles. The van der Waals surface area contributed by atoms with Gasteiger partial charge in [0.2, 0.25) is 10.0 Å². The topological polar surface area (TPSA) is 134 Å². The van der Waals surface area contributed by atoms with Crippen LogP contribution in [0.5, 0.6) is 0 Å². The molecule has 0 atom stereocenters. The molecule has 1 aliphatic heterocycles. The molecule has 12 heteroatoms. The number of nitrogens with one attached hydrogen (secondary N) is 1. The summed E-state index contributed by atoms with van der Waals surface area (Å²) in [7, 11) is -3.73. The number of anilines is 2. The molecule has 1 aliphatic rings. The first-order valence-electron chi connectivity index (χ1n) is 11.1. The molecule has 1 amide bonds. The van der Waals surface area contributed by atoms with Crippen LogP contribution in [0.2, 0.25) is 0 Å². The van der Waals surface area contributed by atoms with Crippen LogP contribution in [0.1, 0.15) is 30.9 Å². The maximum absolute atomic E-state index is 12.5. The Morgan fingerprint density at radius 2 is 1.89 bits per heavy atom. The van der Waals surface area contributed by atoms with Crippen LogP contribution < -0.4 is 14.6 Å². The average molecular weight is 504 g/mol. The third-order valence-corrected chi connectivity index (χ3v) is 6.64. The van der Waals surface area contributed by atoms with Crippen LogP contribution in [-0.2, 0) is 19.6 Å². The van der Waals surface area contributed by atoms with Gasteiger partial charge in [0.1, 0.15) is 6.54 Å². The second-order valence-corrected chi connectivity index (χ2v) is 10.3. The van der Waals surface area contributed by atoms with E-state index in [2.05, 4.69) is 10.5 Å². The molecule has 0 spiro atoms. The van der Waals surface area contributed by atoms with Gasteiger partial charge in [-0.2, -0.15) is 5.10 Å². The number of hydrazone groups is 1. The van der Waals surface area contributed by atoms with Gasteiger partial charge in [0.05, 0.1) is 36.3 Å². The van der Waals surface area contributed by atoms with E-state index < -0.39 is 27.4 Å². The lowest BCUT2D eigenvalue weighted by molar-refractivity contribution is -0.384. The van der Waals surface area contributed by atoms with Crippen molar-refractivity contribution < 1.29 is 22.9 Å². The number of benzene rings is 2. The van der Waals surface area contributed by atoms with Crippen molar-refractivity contribution in [2.45, 2.75) is 19.8 Å². The lowest BCUT2D eigenvalue weighted by Crippen LogP contribution is -2.39. The van der Waals surface area contributed by atoms with Gasteiger partial charge in [0.15, 0.2) is 0 Å². The summed E-state index contributed by atoms with van der Waals surface area (Å²) in [5.74, 6) is -0.373. The maximum atomic E-state index is 12.5. The number of hydrogen-bond donors (Lipinski definition) is 1. The van der Waals surface area contributed by atoms with Crippen molar-refractivity contribution in [2.24, 2.45) is 5.10 Å². The van der Waals surface area contributed by atoms with Crippen LogP contribution in [-0.4, -0.2) is 64.6 Å². The third-order valence-electron chi connectivity index (χ3n) is 5.50. The number of sulfonamides is 1. The quantitative estimate of drug-likeness (QED) is 0.316. The fourth-order valence-electron chi connectivity index (χ4n) is 3.62. The van der Waals surface area contributed by atoms with Gasteiger partial charge in [-0.05, 0) is 29.7 Å². The zero-order chi connectivity index (χ0) is 25.6. The molecule has 1 saturated heterocycles. The predicted octanol–water partition coefficient (Wildman–Crippen LogP) is 2.47. The smallest absolute Gasteiger partial charge is 0.270 e. The molecule has 0 bridgehead atoms. The van der Waals surface area contributed by atoms with Gasteiger partial charge in [0.25, 0.3) is 11.6 Å². The minimum atomic E-state index is -3.73. The van der Waals surface area contributed by atoms with Gasteiger partial charge < -0.3 is 9.64 Å². The Balaban J connectivity index is 1.76. The van der Waals surface area contributed by atoms with E-state index in [1.807, 2.05) is 30.9 Å². The summed E-state index contributed by atoms with van der Waals surface area (Å²) in [5, 5.41) is 15.2. The average Bonchev–Trinajstić information content (AvgIpc) is 2.82. The minimum absolute atomic E-state index is 0.108. The molecular formula is C23H29N5O6S. The Kier molecular flexibility index (Phi) is 8.41. The van der Waals surface area contributed by atoms with Crippen molar-refractivity contribution in [1.82, 2.24) is 5.43 Å². The normalized spacial score (nSPS) is 14.3. The number of hydrogen-bond acceptors (Lipinski definition) is 8. The third kappa shape index (κ3) is 6.99. The molecular weight excluding hydrogens is 474 g/mol. The van der Waals surface area contributed by atoms with Crippen LogP contribution >= 0.6 is 0 Å². The Morgan fingerprint density at radius 3 is 2.46 bits per heavy atom. The first kappa shape index (κ1) is 26.1. The summed E-state index contributed by atoms with van der Waals surface area (Å²) in [6.45, 7) is 5.88. The number of nitrogens with zero attached hydrogens (tertiary/aromatic N) is 4. The van der Waals surface area contributed by atoms with Crippen LogP contribution in [0, 0.1) is 10.1 Å². The van der Waals surface area contributed by atoms with Crippen LogP contribution in [0.25, 0.3) is 0 Å². The standard InChI is InChI=1S/C23H29N5O6S/c1-17(2)18-4-6-20(7-5-18)27(35(3,32)33)16-23(29)25-24-15-19-14-21(28(30)31)8-9-22(19)26-10-12-34-13-11-26/h4-9,14-15,17H,10-13,16H2,1-3H3,(H,25,29)/b24-15-. The van der Waals surface area contributed by atoms with E-state index in [1.165, 1.54) is 18.3 Å². The Labute approximate surface area is 204 Å². The minimum Gasteiger partial charge on any atom is -0.378 e. The molecule has 3 rings (SSSR count). The fourth-order valence-corrected chi connectivity index (χ4v) is 4.47. The molecule has 0 unspecified atom stereocenters. The molecule has 0 radical (unpaired) electrons. The summed E-state index contributed by atoms with van der Waals surface area (Å²) in [5.41, 5.74) is 4.80. The molecule has 1 N–H and O–H groups in total. The largest absolute Gasteiger partial charge is 0.378 e. The Bertz CT molecular complexity index is 1190. The second kappa shape index (κ2) is 11.3. The first-order valence-corrected chi connectivity index (χ1v) is 12.9. The SMILES string of the molecule is CC(C)c1ccc(N(CC(=O)N/N=C\c2cc([N+](=O)[O-])ccc2N2CCOCC2)S(C)(=O)=O)cc1. The molecule has 35 heavy (non-hydrogen) atoms. The van der Waals surface area contributed by atoms with E-state index >= 15 is 0 Å². The number of nitro benzene ring substituents is 1. The van der Waals surface area contributed by atoms with E-state index in [0.717, 1.165) is 21.8 Å². The lowest BCUT2D eigenvalue weighted by atomic mass is 10.0. The Hall–Kier alpha value is -3.51. The zero-order valence-corrected chi connectivity index (χ0v) is 20.7. The number of amides is 1. The molecule has 0 aliphatic carbocycles. The van der Waals surface area contributed by atoms with Crippen molar-refractivity contribution in [3.8, 4) is 0 Å². The van der Waals surface area contributed by atoms with Gasteiger partial charge in [-0.15, -0.1) is 0 Å². The van der Waals surface area contributed by atoms with Crippen molar-refractivity contribution in [3.63, 3.8) is 0 Å². The van der Waals surface area contributed by atoms with Gasteiger partial charge >= 0.3 is 0 Å². The highest BCUT2D eigenvalue weighted by Gasteiger charge is 2.21. The highest BCUT2D eigenvalue weighted by atomic mass is 32.2.